The van der Waals surface area contributed by atoms with Crippen LogP contribution in [-0.4, -0.2) is 89.5 Å². The van der Waals surface area contributed by atoms with Crippen molar-refractivity contribution in [1.82, 2.24) is 39.5 Å². The van der Waals surface area contributed by atoms with Crippen LogP contribution in [0.2, 0.25) is 5.28 Å². The molecule has 2 aliphatic rings. The van der Waals surface area contributed by atoms with Gasteiger partial charge in [-0.15, -0.1) is 0 Å². The van der Waals surface area contributed by atoms with Crippen LogP contribution in [0.4, 0.5) is 23.0 Å². The minimum atomic E-state index is -0.225. The molecule has 2 atom stereocenters. The summed E-state index contributed by atoms with van der Waals surface area (Å²) in [6, 6.07) is 19.9. The van der Waals surface area contributed by atoms with Crippen molar-refractivity contribution in [2.24, 2.45) is 0 Å². The predicted molar refractivity (Wildman–Crippen MR) is 226 cm³/mol. The van der Waals surface area contributed by atoms with Crippen LogP contribution < -0.4 is 19.6 Å². The van der Waals surface area contributed by atoms with Crippen molar-refractivity contribution in [3.8, 4) is 28.7 Å². The SMILES string of the molecule is CC[C@@H]1C(=O)N(C)c2cnc(-n3ccnc3-c3ccccc3)nc2N1C(C)C.CC[C@@H]1C(=O)N(C)c2cnc(Cl)nc2N1C(C)C.c1ccc(-c2ncc[nH]2)cc1. The molecule has 296 valence electrons. The van der Waals surface area contributed by atoms with Crippen LogP contribution in [0.1, 0.15) is 54.4 Å². The first-order valence-electron chi connectivity index (χ1n) is 19.1. The van der Waals surface area contributed by atoms with Crippen molar-refractivity contribution in [2.75, 3.05) is 33.7 Å². The number of hydrogen-bond donors (Lipinski definition) is 1. The number of benzene rings is 2. The average Bonchev–Trinajstić information content (AvgIpc) is 3.95. The molecule has 14 nitrogen and oxygen atoms in total. The van der Waals surface area contributed by atoms with Gasteiger partial charge in [-0.25, -0.2) is 19.9 Å². The molecular weight excluding hydrogens is 740 g/mol. The maximum atomic E-state index is 12.8. The number of halogens is 1. The zero-order valence-electron chi connectivity index (χ0n) is 33.6. The lowest BCUT2D eigenvalue weighted by atomic mass is 10.1. The summed E-state index contributed by atoms with van der Waals surface area (Å²) in [4.78, 5) is 61.8. The summed E-state index contributed by atoms with van der Waals surface area (Å²) in [5, 5.41) is 0.206. The normalized spacial score (nSPS) is 16.2. The molecule has 57 heavy (non-hydrogen) atoms. The summed E-state index contributed by atoms with van der Waals surface area (Å²) in [6.07, 6.45) is 12.0. The highest BCUT2D eigenvalue weighted by atomic mass is 35.5. The van der Waals surface area contributed by atoms with Gasteiger partial charge in [0.2, 0.25) is 23.0 Å². The predicted octanol–water partition coefficient (Wildman–Crippen LogP) is 7.48. The number of rotatable bonds is 7. The van der Waals surface area contributed by atoms with E-state index in [1.807, 2.05) is 110 Å². The molecule has 0 saturated carbocycles. The third kappa shape index (κ3) is 8.36. The largest absolute Gasteiger partial charge is 0.345 e. The van der Waals surface area contributed by atoms with Gasteiger partial charge in [-0.3, -0.25) is 14.2 Å². The molecule has 0 aliphatic carbocycles. The Morgan fingerprint density at radius 3 is 1.72 bits per heavy atom. The molecule has 2 aromatic carbocycles. The summed E-state index contributed by atoms with van der Waals surface area (Å²) < 4.78 is 1.88. The van der Waals surface area contributed by atoms with Gasteiger partial charge >= 0.3 is 0 Å². The first kappa shape index (κ1) is 40.5. The van der Waals surface area contributed by atoms with E-state index >= 15 is 0 Å². The van der Waals surface area contributed by atoms with E-state index in [2.05, 4.69) is 48.7 Å². The number of amides is 2. The summed E-state index contributed by atoms with van der Waals surface area (Å²) in [6.45, 7) is 12.3. The summed E-state index contributed by atoms with van der Waals surface area (Å²) in [5.74, 6) is 3.91. The Kier molecular flexibility index (Phi) is 12.6. The van der Waals surface area contributed by atoms with Crippen LogP contribution in [0.5, 0.6) is 0 Å². The number of carbonyl (C=O) groups excluding carboxylic acids is 2. The summed E-state index contributed by atoms with van der Waals surface area (Å²) in [5.41, 5.74) is 3.56. The second kappa shape index (κ2) is 17.8. The zero-order chi connectivity index (χ0) is 40.8. The number of likely N-dealkylation sites (N-methyl/N-ethyl adjacent to an activating group) is 2. The maximum absolute atomic E-state index is 12.8. The standard InChI is InChI=1S/C21H24N6O.C12H17ClN4O.C9H8N2/c1-5-16-20(28)25(4)17-13-23-21(24-19(17)27(16)14(2)3)26-12-11-22-18(26)15-9-7-6-8-10-15;1-5-8-11(18)16(4)9-6-14-12(13)15-10(9)17(8)7(2)3;1-2-4-8(5-3-1)9-10-6-7-11-9/h6-14,16H,5H2,1-4H3;6-8H,5H2,1-4H3;1-7H,(H,10,11)/t16-;8-;/m11./s1. The average molecular weight is 789 g/mol. The Morgan fingerprint density at radius 2 is 1.21 bits per heavy atom. The van der Waals surface area contributed by atoms with E-state index in [0.717, 1.165) is 52.9 Å². The van der Waals surface area contributed by atoms with Gasteiger partial charge < -0.3 is 24.6 Å². The van der Waals surface area contributed by atoms with E-state index in [1.165, 1.54) is 0 Å². The molecule has 0 saturated heterocycles. The molecule has 1 N–H and O–H groups in total. The molecule has 0 fully saturated rings. The Hall–Kier alpha value is -6.15. The Morgan fingerprint density at radius 1 is 0.684 bits per heavy atom. The van der Waals surface area contributed by atoms with Crippen LogP contribution in [0.25, 0.3) is 28.7 Å². The highest BCUT2D eigenvalue weighted by molar-refractivity contribution is 6.28. The van der Waals surface area contributed by atoms with Crippen LogP contribution in [0.3, 0.4) is 0 Å². The summed E-state index contributed by atoms with van der Waals surface area (Å²) >= 11 is 5.87. The fourth-order valence-corrected chi connectivity index (χ4v) is 7.26. The fraction of sp³-hybridized carbons (Fsp3) is 0.333. The van der Waals surface area contributed by atoms with Gasteiger partial charge in [0, 0.05) is 62.1 Å². The number of aromatic amines is 1. The first-order chi connectivity index (χ1) is 27.5. The third-order valence-corrected chi connectivity index (χ3v) is 10.1. The van der Waals surface area contributed by atoms with Crippen LogP contribution in [0, 0.1) is 0 Å². The van der Waals surface area contributed by atoms with Crippen molar-refractivity contribution in [3.63, 3.8) is 0 Å². The highest BCUT2D eigenvalue weighted by Crippen LogP contribution is 2.37. The molecule has 6 heterocycles. The van der Waals surface area contributed by atoms with Crippen molar-refractivity contribution >= 4 is 46.4 Å². The lowest BCUT2D eigenvalue weighted by molar-refractivity contribution is -0.120. The third-order valence-electron chi connectivity index (χ3n) is 9.89. The molecule has 0 radical (unpaired) electrons. The number of H-pyrrole nitrogens is 1. The monoisotopic (exact) mass is 788 g/mol. The van der Waals surface area contributed by atoms with E-state index in [1.54, 1.807) is 48.7 Å². The van der Waals surface area contributed by atoms with Gasteiger partial charge in [0.15, 0.2) is 11.6 Å². The molecule has 8 rings (SSSR count). The fourth-order valence-electron chi connectivity index (χ4n) is 7.13. The Balaban J connectivity index is 0.000000161. The van der Waals surface area contributed by atoms with Gasteiger partial charge in [0.05, 0.1) is 12.4 Å². The molecule has 0 bridgehead atoms. The number of anilines is 4. The van der Waals surface area contributed by atoms with Crippen molar-refractivity contribution in [1.29, 1.82) is 0 Å². The molecule has 0 spiro atoms. The second-order valence-corrected chi connectivity index (χ2v) is 14.5. The molecule has 6 aromatic rings. The number of imidazole rings is 2. The number of hydrogen-bond acceptors (Lipinski definition) is 10. The van der Waals surface area contributed by atoms with E-state index < -0.39 is 0 Å². The molecule has 0 unspecified atom stereocenters. The number of fused-ring (bicyclic) bond motifs is 2. The number of aromatic nitrogens is 8. The van der Waals surface area contributed by atoms with Crippen LogP contribution in [-0.2, 0) is 9.59 Å². The summed E-state index contributed by atoms with van der Waals surface area (Å²) in [7, 11) is 3.54. The lowest BCUT2D eigenvalue weighted by Crippen LogP contribution is -2.55. The van der Waals surface area contributed by atoms with E-state index in [4.69, 9.17) is 16.6 Å². The van der Waals surface area contributed by atoms with Crippen molar-refractivity contribution in [2.45, 2.75) is 78.6 Å². The van der Waals surface area contributed by atoms with E-state index in [0.29, 0.717) is 11.6 Å². The first-order valence-corrected chi connectivity index (χ1v) is 19.5. The van der Waals surface area contributed by atoms with E-state index in [-0.39, 0.29) is 41.3 Å². The van der Waals surface area contributed by atoms with Gasteiger partial charge in [0.1, 0.15) is 35.1 Å². The van der Waals surface area contributed by atoms with Gasteiger partial charge in [0.25, 0.3) is 0 Å². The lowest BCUT2D eigenvalue weighted by Gasteiger charge is -2.42. The van der Waals surface area contributed by atoms with Crippen molar-refractivity contribution < 1.29 is 9.59 Å². The van der Waals surface area contributed by atoms with E-state index in [9.17, 15) is 9.59 Å². The maximum Gasteiger partial charge on any atom is 0.249 e. The topological polar surface area (TPSA) is 145 Å². The van der Waals surface area contributed by atoms with Gasteiger partial charge in [-0.2, -0.15) is 9.97 Å². The second-order valence-electron chi connectivity index (χ2n) is 14.2. The molecule has 4 aromatic heterocycles. The van der Waals surface area contributed by atoms with Crippen LogP contribution in [0.15, 0.2) is 97.8 Å². The van der Waals surface area contributed by atoms with Gasteiger partial charge in [-0.1, -0.05) is 74.5 Å². The molecule has 2 aliphatic heterocycles. The molecular formula is C42H49ClN12O2. The molecule has 2 amide bonds. The minimum absolute atomic E-state index is 0.0737. The Labute approximate surface area is 338 Å². The smallest absolute Gasteiger partial charge is 0.249 e. The highest BCUT2D eigenvalue weighted by Gasteiger charge is 2.39. The zero-order valence-corrected chi connectivity index (χ0v) is 34.3. The van der Waals surface area contributed by atoms with Crippen LogP contribution >= 0.6 is 11.6 Å². The molecule has 15 heteroatoms. The number of nitrogens with one attached hydrogen (secondary N) is 1. The van der Waals surface area contributed by atoms with Crippen molar-refractivity contribution in [3.05, 3.63) is 103 Å². The number of carbonyl (C=O) groups is 2. The Bertz CT molecular complexity index is 2260. The quantitative estimate of drug-likeness (QED) is 0.162. The number of nitrogens with zero attached hydrogens (tertiary/aromatic N) is 11. The van der Waals surface area contributed by atoms with Gasteiger partial charge in [-0.05, 0) is 52.1 Å². The minimum Gasteiger partial charge on any atom is -0.345 e.